The van der Waals surface area contributed by atoms with Crippen LogP contribution >= 0.6 is 0 Å². The Kier molecular flexibility index (Phi) is 7.40. The maximum atomic E-state index is 14.3. The number of pyridine rings is 1. The van der Waals surface area contributed by atoms with Gasteiger partial charge >= 0.3 is 6.03 Å². The normalized spacial score (nSPS) is 15.7. The average molecular weight is 481 g/mol. The summed E-state index contributed by atoms with van der Waals surface area (Å²) < 4.78 is 21.7. The zero-order valence-electron chi connectivity index (χ0n) is 20.1. The van der Waals surface area contributed by atoms with Crippen LogP contribution in [0.3, 0.4) is 0 Å². The second kappa shape index (κ2) is 10.6. The smallest absolute Gasteiger partial charge is 0.321 e. The number of aromatic nitrogens is 3. The van der Waals surface area contributed by atoms with Crippen LogP contribution in [-0.4, -0.2) is 58.3 Å². The van der Waals surface area contributed by atoms with Gasteiger partial charge in [0.15, 0.2) is 5.82 Å². The Morgan fingerprint density at radius 3 is 2.66 bits per heavy atom. The molecule has 184 valence electrons. The molecule has 1 N–H and O–H groups in total. The minimum Gasteiger partial charge on any atom is -0.370 e. The van der Waals surface area contributed by atoms with Gasteiger partial charge < -0.3 is 19.9 Å². The Bertz CT molecular complexity index is 1240. The summed E-state index contributed by atoms with van der Waals surface area (Å²) in [5.74, 6) is -0.0904. The summed E-state index contributed by atoms with van der Waals surface area (Å²) >= 11 is 0. The van der Waals surface area contributed by atoms with Gasteiger partial charge in [0.2, 0.25) is 5.95 Å². The van der Waals surface area contributed by atoms with E-state index in [0.717, 1.165) is 11.8 Å². The Balaban J connectivity index is 1.53. The van der Waals surface area contributed by atoms with Crippen LogP contribution < -0.4 is 15.8 Å². The number of hydrogen-bond acceptors (Lipinski definition) is 6. The van der Waals surface area contributed by atoms with Gasteiger partial charge in [0, 0.05) is 50.2 Å². The van der Waals surface area contributed by atoms with Crippen molar-refractivity contribution in [3.63, 3.8) is 0 Å². The van der Waals surface area contributed by atoms with Crippen molar-refractivity contribution in [3.8, 4) is 11.3 Å². The van der Waals surface area contributed by atoms with Gasteiger partial charge in [-0.05, 0) is 37.6 Å². The monoisotopic (exact) mass is 480 g/mol. The Labute approximate surface area is 203 Å². The lowest BCUT2D eigenvalue weighted by Gasteiger charge is -2.34. The van der Waals surface area contributed by atoms with Crippen LogP contribution in [-0.2, 0) is 11.8 Å². The van der Waals surface area contributed by atoms with Crippen molar-refractivity contribution >= 4 is 17.7 Å². The molecule has 0 bridgehead atoms. The maximum Gasteiger partial charge on any atom is 0.321 e. The van der Waals surface area contributed by atoms with E-state index >= 15 is 0 Å². The van der Waals surface area contributed by atoms with E-state index in [1.165, 1.54) is 22.9 Å². The molecule has 4 rings (SSSR count). The van der Waals surface area contributed by atoms with E-state index in [0.29, 0.717) is 44.4 Å². The van der Waals surface area contributed by atoms with Crippen LogP contribution in [0.5, 0.6) is 0 Å². The predicted molar refractivity (Wildman–Crippen MR) is 132 cm³/mol. The zero-order chi connectivity index (χ0) is 24.9. The van der Waals surface area contributed by atoms with Gasteiger partial charge in [-0.3, -0.25) is 14.3 Å². The van der Waals surface area contributed by atoms with E-state index < -0.39 is 5.82 Å². The summed E-state index contributed by atoms with van der Waals surface area (Å²) in [6, 6.07) is 10.2. The fourth-order valence-electron chi connectivity index (χ4n) is 4.06. The van der Waals surface area contributed by atoms with Crippen LogP contribution in [0.25, 0.3) is 11.3 Å². The second-order valence-electron chi connectivity index (χ2n) is 8.22. The molecular formula is C25H29FN6O3. The number of carbonyl (C=O) groups is 1. The number of hydrogen-bond donors (Lipinski definition) is 1. The fraction of sp³-hybridized carbons (Fsp3) is 0.360. The summed E-state index contributed by atoms with van der Waals surface area (Å²) in [5.41, 5.74) is 1.86. The van der Waals surface area contributed by atoms with Crippen LogP contribution in [0.15, 0.2) is 53.6 Å². The fourth-order valence-corrected chi connectivity index (χ4v) is 4.06. The molecule has 2 aromatic heterocycles. The van der Waals surface area contributed by atoms with E-state index in [4.69, 9.17) is 4.74 Å². The lowest BCUT2D eigenvalue weighted by Crippen LogP contribution is -2.41. The van der Waals surface area contributed by atoms with Crippen molar-refractivity contribution in [2.24, 2.45) is 7.05 Å². The predicted octanol–water partition coefficient (Wildman–Crippen LogP) is 3.43. The number of urea groups is 1. The van der Waals surface area contributed by atoms with Crippen LogP contribution in [0.1, 0.15) is 25.5 Å². The molecule has 1 aliphatic heterocycles. The number of anilines is 2. The largest absolute Gasteiger partial charge is 0.370 e. The molecule has 3 aromatic rings. The lowest BCUT2D eigenvalue weighted by atomic mass is 10.1. The van der Waals surface area contributed by atoms with Crippen molar-refractivity contribution < 1.29 is 13.9 Å². The first kappa shape index (κ1) is 24.3. The number of ether oxygens (including phenoxy) is 1. The minimum atomic E-state index is -0.535. The number of halogens is 1. The van der Waals surface area contributed by atoms with E-state index in [1.807, 2.05) is 43.0 Å². The average Bonchev–Trinajstić information content (AvgIpc) is 2.87. The third kappa shape index (κ3) is 5.32. The van der Waals surface area contributed by atoms with Gasteiger partial charge in [0.05, 0.1) is 25.0 Å². The van der Waals surface area contributed by atoms with E-state index in [9.17, 15) is 14.0 Å². The van der Waals surface area contributed by atoms with E-state index in [-0.39, 0.29) is 29.0 Å². The van der Waals surface area contributed by atoms with Gasteiger partial charge in [-0.2, -0.15) is 0 Å². The lowest BCUT2D eigenvalue weighted by molar-refractivity contribution is 0.0390. The molecule has 3 heterocycles. The first-order valence-electron chi connectivity index (χ1n) is 11.6. The SMILES string of the molecule is CCN(CC)C(=O)Nc1ccc([C@H]2CN(c3nc(-c4ccncc4F)cc(=O)n3C)CCO2)cc1. The number of morpholine rings is 1. The summed E-state index contributed by atoms with van der Waals surface area (Å²) in [6.07, 6.45) is 2.32. The molecule has 1 fully saturated rings. The standard InChI is InChI=1S/C25H29FN6O3/c1-4-31(5-2)25(34)28-18-8-6-17(7-9-18)22-16-32(12-13-35-22)24-29-21(14-23(33)30(24)3)19-10-11-27-15-20(19)26/h6-11,14-15,22H,4-5,12-13,16H2,1-3H3,(H,28,34)/t22-/m1/s1. The van der Waals surface area contributed by atoms with Gasteiger partial charge in [-0.15, -0.1) is 0 Å². The Morgan fingerprint density at radius 2 is 1.97 bits per heavy atom. The van der Waals surface area contributed by atoms with E-state index in [2.05, 4.69) is 15.3 Å². The maximum absolute atomic E-state index is 14.3. The number of amides is 2. The first-order valence-corrected chi connectivity index (χ1v) is 11.6. The molecule has 2 amide bonds. The molecular weight excluding hydrogens is 451 g/mol. The Hall–Kier alpha value is -3.79. The summed E-state index contributed by atoms with van der Waals surface area (Å²) in [5, 5.41) is 2.90. The van der Waals surface area contributed by atoms with Crippen molar-refractivity contribution in [2.45, 2.75) is 20.0 Å². The molecule has 35 heavy (non-hydrogen) atoms. The molecule has 1 aromatic carbocycles. The van der Waals surface area contributed by atoms with Crippen molar-refractivity contribution in [2.75, 3.05) is 43.0 Å². The van der Waals surface area contributed by atoms with Crippen LogP contribution in [0.4, 0.5) is 20.8 Å². The van der Waals surface area contributed by atoms with Crippen LogP contribution in [0.2, 0.25) is 0 Å². The Morgan fingerprint density at radius 1 is 1.23 bits per heavy atom. The summed E-state index contributed by atoms with van der Waals surface area (Å²) in [4.78, 5) is 37.0. The molecule has 0 aliphatic carbocycles. The highest BCUT2D eigenvalue weighted by Gasteiger charge is 2.25. The highest BCUT2D eigenvalue weighted by atomic mass is 19.1. The number of nitrogens with zero attached hydrogens (tertiary/aromatic N) is 5. The zero-order valence-corrected chi connectivity index (χ0v) is 20.1. The third-order valence-corrected chi connectivity index (χ3v) is 6.09. The van der Waals surface area contributed by atoms with Crippen molar-refractivity contribution in [1.82, 2.24) is 19.4 Å². The molecule has 1 atom stereocenters. The first-order chi connectivity index (χ1) is 16.9. The summed E-state index contributed by atoms with van der Waals surface area (Å²) in [6.45, 7) is 6.59. The molecule has 1 saturated heterocycles. The molecule has 0 unspecified atom stereocenters. The minimum absolute atomic E-state index is 0.139. The van der Waals surface area contributed by atoms with Gasteiger partial charge in [-0.25, -0.2) is 14.2 Å². The number of carbonyl (C=O) groups excluding carboxylic acids is 1. The molecule has 1 aliphatic rings. The van der Waals surface area contributed by atoms with Gasteiger partial charge in [0.25, 0.3) is 5.56 Å². The van der Waals surface area contributed by atoms with E-state index in [1.54, 1.807) is 11.9 Å². The number of nitrogens with one attached hydrogen (secondary N) is 1. The second-order valence-corrected chi connectivity index (χ2v) is 8.22. The quantitative estimate of drug-likeness (QED) is 0.581. The highest BCUT2D eigenvalue weighted by Crippen LogP contribution is 2.27. The molecule has 0 radical (unpaired) electrons. The number of rotatable bonds is 6. The molecule has 0 spiro atoms. The van der Waals surface area contributed by atoms with Gasteiger partial charge in [-0.1, -0.05) is 12.1 Å². The van der Waals surface area contributed by atoms with Crippen LogP contribution in [0, 0.1) is 5.82 Å². The van der Waals surface area contributed by atoms with Crippen molar-refractivity contribution in [1.29, 1.82) is 0 Å². The topological polar surface area (TPSA) is 92.6 Å². The molecule has 0 saturated carbocycles. The van der Waals surface area contributed by atoms with Gasteiger partial charge in [0.1, 0.15) is 6.10 Å². The van der Waals surface area contributed by atoms with Crippen molar-refractivity contribution in [3.05, 3.63) is 70.5 Å². The molecule has 10 heteroatoms. The highest BCUT2D eigenvalue weighted by molar-refractivity contribution is 5.89. The summed E-state index contributed by atoms with van der Waals surface area (Å²) in [7, 11) is 1.65. The molecule has 9 nitrogen and oxygen atoms in total. The third-order valence-electron chi connectivity index (χ3n) is 6.09. The number of benzene rings is 1.